The van der Waals surface area contributed by atoms with Gasteiger partial charge in [-0.1, -0.05) is 35.2 Å². The minimum Gasteiger partial charge on any atom is -0.497 e. The Kier molecular flexibility index (Phi) is 6.06. The second kappa shape index (κ2) is 9.06. The van der Waals surface area contributed by atoms with E-state index in [1.54, 1.807) is 25.5 Å². The molecule has 0 aliphatic rings. The zero-order valence-corrected chi connectivity index (χ0v) is 17.1. The second-order valence-electron chi connectivity index (χ2n) is 6.01. The van der Waals surface area contributed by atoms with Crippen molar-refractivity contribution in [3.63, 3.8) is 0 Å². The van der Waals surface area contributed by atoms with Gasteiger partial charge in [-0.25, -0.2) is 9.37 Å². The molecule has 0 atom stereocenters. The number of oxazole rings is 1. The van der Waals surface area contributed by atoms with Crippen LogP contribution in [0.15, 0.2) is 63.6 Å². The molecule has 29 heavy (non-hydrogen) atoms. The van der Waals surface area contributed by atoms with Crippen molar-refractivity contribution in [1.82, 2.24) is 15.2 Å². The number of halogens is 1. The third-order valence-corrected chi connectivity index (χ3v) is 6.04. The van der Waals surface area contributed by atoms with Gasteiger partial charge in [0.05, 0.1) is 12.8 Å². The molecule has 1 N–H and O–H groups in total. The van der Waals surface area contributed by atoms with Crippen molar-refractivity contribution in [2.75, 3.05) is 12.4 Å². The molecule has 0 saturated heterocycles. The molecule has 2 heterocycles. The summed E-state index contributed by atoms with van der Waals surface area (Å²) in [6.07, 6.45) is 1.61. The van der Waals surface area contributed by atoms with Gasteiger partial charge in [0, 0.05) is 17.9 Å². The quantitative estimate of drug-likeness (QED) is 0.385. The van der Waals surface area contributed by atoms with E-state index < -0.39 is 0 Å². The molecule has 4 rings (SSSR count). The fourth-order valence-electron chi connectivity index (χ4n) is 2.49. The van der Waals surface area contributed by atoms with Crippen LogP contribution in [0.3, 0.4) is 0 Å². The predicted octanol–water partition coefficient (Wildman–Crippen LogP) is 5.25. The van der Waals surface area contributed by atoms with Gasteiger partial charge in [-0.3, -0.25) is 0 Å². The van der Waals surface area contributed by atoms with Crippen LogP contribution in [-0.2, 0) is 12.3 Å². The summed E-state index contributed by atoms with van der Waals surface area (Å²) in [7, 11) is 1.65. The topological polar surface area (TPSA) is 73.1 Å². The number of hydrogen-bond donors (Lipinski definition) is 1. The van der Waals surface area contributed by atoms with E-state index in [0.717, 1.165) is 32.0 Å². The van der Waals surface area contributed by atoms with E-state index in [2.05, 4.69) is 20.5 Å². The van der Waals surface area contributed by atoms with Gasteiger partial charge in [0.1, 0.15) is 17.8 Å². The van der Waals surface area contributed by atoms with Crippen molar-refractivity contribution in [2.24, 2.45) is 0 Å². The Morgan fingerprint density at radius 3 is 2.66 bits per heavy atom. The maximum Gasteiger partial charge on any atom is 0.226 e. The molecule has 0 amide bonds. The molecule has 0 bridgehead atoms. The lowest BCUT2D eigenvalue weighted by atomic mass is 10.2. The fourth-order valence-corrected chi connectivity index (χ4v) is 4.12. The van der Waals surface area contributed by atoms with E-state index in [1.165, 1.54) is 35.2 Å². The number of benzene rings is 2. The first-order valence-electron chi connectivity index (χ1n) is 8.73. The lowest BCUT2D eigenvalue weighted by molar-refractivity contribution is 0.414. The molecule has 0 spiro atoms. The highest BCUT2D eigenvalue weighted by atomic mass is 32.2. The molecule has 0 saturated carbocycles. The van der Waals surface area contributed by atoms with Crippen LogP contribution in [-0.4, -0.2) is 22.3 Å². The first kappa shape index (κ1) is 19.4. The highest BCUT2D eigenvalue weighted by molar-refractivity contribution is 8.00. The SMILES string of the molecule is COc1ccc(CNc2nnc(SCc3coc(-c4ccc(F)cc4)n3)s2)cc1. The van der Waals surface area contributed by atoms with Crippen molar-refractivity contribution in [3.05, 3.63) is 71.9 Å². The van der Waals surface area contributed by atoms with Crippen LogP contribution in [0.2, 0.25) is 0 Å². The Morgan fingerprint density at radius 1 is 1.10 bits per heavy atom. The maximum absolute atomic E-state index is 13.0. The van der Waals surface area contributed by atoms with Crippen molar-refractivity contribution < 1.29 is 13.5 Å². The van der Waals surface area contributed by atoms with E-state index in [1.807, 2.05) is 24.3 Å². The van der Waals surface area contributed by atoms with Gasteiger partial charge in [0.2, 0.25) is 11.0 Å². The first-order chi connectivity index (χ1) is 14.2. The van der Waals surface area contributed by atoms with Crippen LogP contribution in [0.5, 0.6) is 5.75 Å². The Morgan fingerprint density at radius 2 is 1.90 bits per heavy atom. The van der Waals surface area contributed by atoms with Crippen LogP contribution < -0.4 is 10.1 Å². The molecule has 2 aromatic heterocycles. The highest BCUT2D eigenvalue weighted by Crippen LogP contribution is 2.29. The van der Waals surface area contributed by atoms with E-state index in [0.29, 0.717) is 18.2 Å². The van der Waals surface area contributed by atoms with Crippen LogP contribution in [0.25, 0.3) is 11.5 Å². The summed E-state index contributed by atoms with van der Waals surface area (Å²) in [6.45, 7) is 0.660. The molecule has 0 aliphatic carbocycles. The summed E-state index contributed by atoms with van der Waals surface area (Å²) in [6, 6.07) is 13.9. The minimum absolute atomic E-state index is 0.288. The Balaban J connectivity index is 1.29. The van der Waals surface area contributed by atoms with Gasteiger partial charge in [-0.2, -0.15) is 0 Å². The average Bonchev–Trinajstić information content (AvgIpc) is 3.41. The molecule has 0 radical (unpaired) electrons. The third kappa shape index (κ3) is 5.12. The molecular weight excluding hydrogens is 411 g/mol. The van der Waals surface area contributed by atoms with Crippen molar-refractivity contribution >= 4 is 28.2 Å². The molecule has 6 nitrogen and oxygen atoms in total. The smallest absolute Gasteiger partial charge is 0.226 e. The molecule has 9 heteroatoms. The van der Waals surface area contributed by atoms with Crippen molar-refractivity contribution in [1.29, 1.82) is 0 Å². The molecule has 2 aromatic carbocycles. The monoisotopic (exact) mass is 428 g/mol. The van der Waals surface area contributed by atoms with Crippen LogP contribution in [0.1, 0.15) is 11.3 Å². The fraction of sp³-hybridized carbons (Fsp3) is 0.150. The molecular formula is C20H17FN4O2S2. The summed E-state index contributed by atoms with van der Waals surface area (Å²) in [5.41, 5.74) is 2.66. The summed E-state index contributed by atoms with van der Waals surface area (Å²) in [5, 5.41) is 12.4. The zero-order chi connectivity index (χ0) is 20.1. The molecule has 148 valence electrons. The van der Waals surface area contributed by atoms with E-state index >= 15 is 0 Å². The third-order valence-electron chi connectivity index (χ3n) is 4.00. The number of nitrogens with zero attached hydrogens (tertiary/aromatic N) is 3. The molecule has 4 aromatic rings. The lowest BCUT2D eigenvalue weighted by Crippen LogP contribution is -1.98. The van der Waals surface area contributed by atoms with Crippen LogP contribution in [0.4, 0.5) is 9.52 Å². The zero-order valence-electron chi connectivity index (χ0n) is 15.5. The maximum atomic E-state index is 13.0. The molecule has 0 aliphatic heterocycles. The number of nitrogens with one attached hydrogen (secondary N) is 1. The summed E-state index contributed by atoms with van der Waals surface area (Å²) in [4.78, 5) is 4.44. The average molecular weight is 429 g/mol. The van der Waals surface area contributed by atoms with Gasteiger partial charge >= 0.3 is 0 Å². The number of rotatable bonds is 8. The van der Waals surface area contributed by atoms with E-state index in [9.17, 15) is 4.39 Å². The van der Waals surface area contributed by atoms with E-state index in [-0.39, 0.29) is 5.82 Å². The number of aromatic nitrogens is 3. The number of hydrogen-bond acceptors (Lipinski definition) is 8. The Hall–Kier alpha value is -2.91. The van der Waals surface area contributed by atoms with Crippen molar-refractivity contribution in [2.45, 2.75) is 16.6 Å². The summed E-state index contributed by atoms with van der Waals surface area (Å²) in [5.74, 6) is 1.62. The first-order valence-corrected chi connectivity index (χ1v) is 10.5. The van der Waals surface area contributed by atoms with Crippen molar-refractivity contribution in [3.8, 4) is 17.2 Å². The van der Waals surface area contributed by atoms with E-state index in [4.69, 9.17) is 9.15 Å². The Labute approximate surface area is 175 Å². The summed E-state index contributed by atoms with van der Waals surface area (Å²) < 4.78 is 24.5. The normalized spacial score (nSPS) is 10.8. The number of ether oxygens (including phenoxy) is 1. The van der Waals surface area contributed by atoms with Gasteiger partial charge in [-0.15, -0.1) is 10.2 Å². The van der Waals surface area contributed by atoms with Gasteiger partial charge in [0.25, 0.3) is 0 Å². The van der Waals surface area contributed by atoms with Gasteiger partial charge in [0.15, 0.2) is 4.34 Å². The minimum atomic E-state index is -0.288. The predicted molar refractivity (Wildman–Crippen MR) is 112 cm³/mol. The van der Waals surface area contributed by atoms with Gasteiger partial charge in [-0.05, 0) is 42.0 Å². The van der Waals surface area contributed by atoms with Crippen LogP contribution >= 0.6 is 23.1 Å². The van der Waals surface area contributed by atoms with Gasteiger partial charge < -0.3 is 14.5 Å². The van der Waals surface area contributed by atoms with Crippen LogP contribution in [0, 0.1) is 5.82 Å². The molecule has 0 fully saturated rings. The number of thioether (sulfide) groups is 1. The second-order valence-corrected chi connectivity index (χ2v) is 8.21. The summed E-state index contributed by atoms with van der Waals surface area (Å²) >= 11 is 3.03. The Bertz CT molecular complexity index is 1060. The largest absolute Gasteiger partial charge is 0.497 e. The lowest BCUT2D eigenvalue weighted by Gasteiger charge is -2.03. The standard InChI is InChI=1S/C20H17FN4O2S2/c1-26-17-8-2-13(3-9-17)10-22-19-24-25-20(29-19)28-12-16-11-27-18(23-16)14-4-6-15(21)7-5-14/h2-9,11H,10,12H2,1H3,(H,22,24). The number of anilines is 1. The molecule has 0 unspecified atom stereocenters. The highest BCUT2D eigenvalue weighted by Gasteiger charge is 2.10. The number of methoxy groups -OCH3 is 1.